The normalized spacial score (nSPS) is 31.2. The molecule has 2 aliphatic carbocycles. The van der Waals surface area contributed by atoms with Crippen molar-refractivity contribution in [3.63, 3.8) is 0 Å². The highest BCUT2D eigenvalue weighted by atomic mass is 16.5. The Morgan fingerprint density at radius 1 is 0.900 bits per heavy atom. The highest BCUT2D eigenvalue weighted by Gasteiger charge is 2.68. The Bertz CT molecular complexity index is 874. The van der Waals surface area contributed by atoms with E-state index in [1.54, 1.807) is 0 Å². The number of allylic oxidation sites excluding steroid dienone is 1. The average molecular weight is 414 g/mol. The van der Waals surface area contributed by atoms with E-state index < -0.39 is 28.7 Å². The lowest BCUT2D eigenvalue weighted by atomic mass is 9.67. The lowest BCUT2D eigenvalue weighted by Crippen LogP contribution is -2.44. The first-order chi connectivity index (χ1) is 14.4. The molecular formula is C23H26O7. The molecule has 1 aromatic carbocycles. The number of methoxy groups -OCH3 is 3. The van der Waals surface area contributed by atoms with Gasteiger partial charge >= 0.3 is 17.9 Å². The van der Waals surface area contributed by atoms with Crippen molar-refractivity contribution in [1.29, 1.82) is 0 Å². The van der Waals surface area contributed by atoms with Crippen LogP contribution in [0.2, 0.25) is 0 Å². The fourth-order valence-electron chi connectivity index (χ4n) is 5.54. The molecule has 160 valence electrons. The summed E-state index contributed by atoms with van der Waals surface area (Å²) in [6.07, 6.45) is 2.87. The number of ether oxygens (including phenoxy) is 4. The van der Waals surface area contributed by atoms with Crippen molar-refractivity contribution >= 4 is 17.9 Å². The molecule has 2 fully saturated rings. The fraction of sp³-hybridized carbons (Fsp3) is 0.522. The summed E-state index contributed by atoms with van der Waals surface area (Å²) in [6, 6.07) is 9.96. The molecule has 1 saturated heterocycles. The monoisotopic (exact) mass is 414 g/mol. The SMILES string of the molecule is COC(=O)C1(C(=O)OC)C[C@@H]2C=C3C[C@@H](c4ccccc4)O[C@@H]3C[C@@]2(C(=O)OC)C1. The Morgan fingerprint density at radius 3 is 2.13 bits per heavy atom. The standard InChI is InChI=1S/C23H26O7/c1-27-19(24)22-12-18-15(10-17(30-18)14-7-5-4-6-8-14)9-16(22)11-23(13-22,20(25)28-2)21(26)29-3/h4-9,16-18H,10-13H2,1-3H3/t16-,17-,18+,22+/m0/s1. The molecular weight excluding hydrogens is 388 g/mol. The summed E-state index contributed by atoms with van der Waals surface area (Å²) >= 11 is 0. The van der Waals surface area contributed by atoms with E-state index >= 15 is 0 Å². The summed E-state index contributed by atoms with van der Waals surface area (Å²) in [5.41, 5.74) is -0.393. The van der Waals surface area contributed by atoms with Gasteiger partial charge < -0.3 is 18.9 Å². The van der Waals surface area contributed by atoms with E-state index in [-0.39, 0.29) is 31.0 Å². The summed E-state index contributed by atoms with van der Waals surface area (Å²) in [5.74, 6) is -2.14. The van der Waals surface area contributed by atoms with Gasteiger partial charge in [-0.05, 0) is 36.3 Å². The van der Waals surface area contributed by atoms with Crippen molar-refractivity contribution in [2.45, 2.75) is 37.9 Å². The van der Waals surface area contributed by atoms with Crippen molar-refractivity contribution in [3.8, 4) is 0 Å². The number of hydrogen-bond acceptors (Lipinski definition) is 7. The summed E-state index contributed by atoms with van der Waals surface area (Å²) in [6.45, 7) is 0. The molecule has 1 aromatic rings. The van der Waals surface area contributed by atoms with Gasteiger partial charge in [0.05, 0.1) is 39.0 Å². The highest BCUT2D eigenvalue weighted by molar-refractivity contribution is 6.02. The van der Waals surface area contributed by atoms with Crippen LogP contribution in [-0.2, 0) is 33.3 Å². The molecule has 4 atom stereocenters. The molecule has 3 aliphatic rings. The molecule has 7 heteroatoms. The van der Waals surface area contributed by atoms with E-state index in [1.165, 1.54) is 21.3 Å². The van der Waals surface area contributed by atoms with Crippen molar-refractivity contribution in [2.75, 3.05) is 21.3 Å². The molecule has 4 rings (SSSR count). The largest absolute Gasteiger partial charge is 0.469 e. The zero-order chi connectivity index (χ0) is 21.5. The summed E-state index contributed by atoms with van der Waals surface area (Å²) in [7, 11) is 3.80. The number of hydrogen-bond donors (Lipinski definition) is 0. The smallest absolute Gasteiger partial charge is 0.323 e. The predicted octanol–water partition coefficient (Wildman–Crippen LogP) is 2.75. The topological polar surface area (TPSA) is 88.1 Å². The number of carbonyl (C=O) groups is 3. The molecule has 0 unspecified atom stereocenters. The Balaban J connectivity index is 1.71. The first kappa shape index (κ1) is 20.6. The van der Waals surface area contributed by atoms with Gasteiger partial charge in [-0.25, -0.2) is 0 Å². The van der Waals surface area contributed by atoms with Gasteiger partial charge in [-0.2, -0.15) is 0 Å². The van der Waals surface area contributed by atoms with Crippen LogP contribution < -0.4 is 0 Å². The quantitative estimate of drug-likeness (QED) is 0.324. The van der Waals surface area contributed by atoms with Gasteiger partial charge in [-0.1, -0.05) is 36.4 Å². The van der Waals surface area contributed by atoms with Crippen LogP contribution in [-0.4, -0.2) is 45.3 Å². The number of fused-ring (bicyclic) bond motifs is 2. The third-order valence-electron chi connectivity index (χ3n) is 6.94. The molecule has 0 spiro atoms. The zero-order valence-electron chi connectivity index (χ0n) is 17.4. The second-order valence-electron chi connectivity index (χ2n) is 8.37. The van der Waals surface area contributed by atoms with E-state index in [4.69, 9.17) is 18.9 Å². The van der Waals surface area contributed by atoms with Crippen LogP contribution in [0.3, 0.4) is 0 Å². The molecule has 7 nitrogen and oxygen atoms in total. The van der Waals surface area contributed by atoms with Crippen LogP contribution in [0, 0.1) is 16.7 Å². The summed E-state index contributed by atoms with van der Waals surface area (Å²) in [5, 5.41) is 0. The van der Waals surface area contributed by atoms with Crippen LogP contribution in [0.1, 0.15) is 37.4 Å². The third kappa shape index (κ3) is 2.95. The molecule has 0 amide bonds. The summed E-state index contributed by atoms with van der Waals surface area (Å²) in [4.78, 5) is 38.4. The molecule has 0 aromatic heterocycles. The van der Waals surface area contributed by atoms with Gasteiger partial charge in [0, 0.05) is 6.42 Å². The van der Waals surface area contributed by atoms with E-state index in [2.05, 4.69) is 0 Å². The lowest BCUT2D eigenvalue weighted by Gasteiger charge is -2.37. The first-order valence-electron chi connectivity index (χ1n) is 10.1. The minimum atomic E-state index is -1.53. The highest BCUT2D eigenvalue weighted by Crippen LogP contribution is 2.62. The zero-order valence-corrected chi connectivity index (χ0v) is 17.4. The van der Waals surface area contributed by atoms with Crippen LogP contribution in [0.4, 0.5) is 0 Å². The Kier molecular flexibility index (Phi) is 5.18. The third-order valence-corrected chi connectivity index (χ3v) is 6.94. The molecule has 0 bridgehead atoms. The molecule has 1 aliphatic heterocycles. The summed E-state index contributed by atoms with van der Waals surface area (Å²) < 4.78 is 21.4. The Morgan fingerprint density at radius 2 is 1.53 bits per heavy atom. The van der Waals surface area contributed by atoms with E-state index in [1.807, 2.05) is 36.4 Å². The Hall–Kier alpha value is -2.67. The van der Waals surface area contributed by atoms with Crippen LogP contribution in [0.25, 0.3) is 0 Å². The van der Waals surface area contributed by atoms with E-state index in [9.17, 15) is 14.4 Å². The minimum absolute atomic E-state index is 0.0175. The van der Waals surface area contributed by atoms with Crippen LogP contribution >= 0.6 is 0 Å². The number of carbonyl (C=O) groups excluding carboxylic acids is 3. The van der Waals surface area contributed by atoms with E-state index in [0.29, 0.717) is 12.8 Å². The second-order valence-corrected chi connectivity index (χ2v) is 8.37. The second kappa shape index (κ2) is 7.54. The van der Waals surface area contributed by atoms with Crippen molar-refractivity contribution < 1.29 is 33.3 Å². The lowest BCUT2D eigenvalue weighted by molar-refractivity contribution is -0.170. The fourth-order valence-corrected chi connectivity index (χ4v) is 5.54. The molecule has 0 radical (unpaired) electrons. The number of benzene rings is 1. The van der Waals surface area contributed by atoms with Crippen LogP contribution in [0.5, 0.6) is 0 Å². The first-order valence-corrected chi connectivity index (χ1v) is 10.1. The number of esters is 3. The van der Waals surface area contributed by atoms with Crippen molar-refractivity contribution in [3.05, 3.63) is 47.5 Å². The van der Waals surface area contributed by atoms with Gasteiger partial charge in [0.1, 0.15) is 0 Å². The van der Waals surface area contributed by atoms with Gasteiger partial charge in [-0.15, -0.1) is 0 Å². The average Bonchev–Trinajstić information content (AvgIpc) is 3.35. The Labute approximate surface area is 175 Å². The molecule has 1 saturated carbocycles. The van der Waals surface area contributed by atoms with Gasteiger partial charge in [0.15, 0.2) is 5.41 Å². The maximum absolute atomic E-state index is 13.0. The number of rotatable bonds is 4. The maximum atomic E-state index is 13.0. The van der Waals surface area contributed by atoms with Gasteiger partial charge in [0.25, 0.3) is 0 Å². The van der Waals surface area contributed by atoms with Crippen LogP contribution in [0.15, 0.2) is 42.0 Å². The molecule has 1 heterocycles. The molecule has 0 N–H and O–H groups in total. The van der Waals surface area contributed by atoms with Crippen molar-refractivity contribution in [1.82, 2.24) is 0 Å². The van der Waals surface area contributed by atoms with Crippen molar-refractivity contribution in [2.24, 2.45) is 16.7 Å². The molecule has 30 heavy (non-hydrogen) atoms. The minimum Gasteiger partial charge on any atom is -0.469 e. The maximum Gasteiger partial charge on any atom is 0.323 e. The van der Waals surface area contributed by atoms with Gasteiger partial charge in [-0.3, -0.25) is 14.4 Å². The van der Waals surface area contributed by atoms with E-state index in [0.717, 1.165) is 11.1 Å². The predicted molar refractivity (Wildman–Crippen MR) is 105 cm³/mol. The van der Waals surface area contributed by atoms with Gasteiger partial charge in [0.2, 0.25) is 0 Å².